The van der Waals surface area contributed by atoms with Crippen LogP contribution in [-0.2, 0) is 17.8 Å². The second kappa shape index (κ2) is 7.12. The predicted octanol–water partition coefficient (Wildman–Crippen LogP) is 3.82. The summed E-state index contributed by atoms with van der Waals surface area (Å²) >= 11 is 0. The average Bonchev–Trinajstić information content (AvgIpc) is 3.30. The van der Waals surface area contributed by atoms with E-state index in [1.165, 1.54) is 11.1 Å². The van der Waals surface area contributed by atoms with Crippen molar-refractivity contribution in [2.24, 2.45) is 0 Å². The van der Waals surface area contributed by atoms with Crippen LogP contribution in [0.2, 0.25) is 0 Å². The molecule has 0 fully saturated rings. The van der Waals surface area contributed by atoms with E-state index in [0.29, 0.717) is 24.6 Å². The Labute approximate surface area is 152 Å². The summed E-state index contributed by atoms with van der Waals surface area (Å²) < 4.78 is 5.39. The lowest BCUT2D eigenvalue weighted by Gasteiger charge is -2.18. The molecule has 1 amide bonds. The summed E-state index contributed by atoms with van der Waals surface area (Å²) in [5, 5.41) is 4.08. The molecule has 0 bridgehead atoms. The topological polar surface area (TPSA) is 59.2 Å². The molecule has 0 N–H and O–H groups in total. The minimum Gasteiger partial charge on any atom is -0.359 e. The van der Waals surface area contributed by atoms with Gasteiger partial charge in [-0.05, 0) is 42.0 Å². The van der Waals surface area contributed by atoms with E-state index in [0.717, 1.165) is 24.1 Å². The van der Waals surface area contributed by atoms with E-state index < -0.39 is 0 Å². The highest BCUT2D eigenvalue weighted by Crippen LogP contribution is 2.35. The third-order valence-corrected chi connectivity index (χ3v) is 5.01. The molecule has 0 saturated heterocycles. The quantitative estimate of drug-likeness (QED) is 0.704. The zero-order chi connectivity index (χ0) is 17.9. The first-order valence-corrected chi connectivity index (χ1v) is 8.88. The molecule has 0 radical (unpaired) electrons. The molecule has 0 spiro atoms. The van der Waals surface area contributed by atoms with Gasteiger partial charge in [-0.3, -0.25) is 9.78 Å². The smallest absolute Gasteiger partial charge is 0.223 e. The van der Waals surface area contributed by atoms with Crippen LogP contribution in [0.15, 0.2) is 59.4 Å². The van der Waals surface area contributed by atoms with Crippen molar-refractivity contribution >= 4 is 5.91 Å². The van der Waals surface area contributed by atoms with Crippen LogP contribution in [0.1, 0.15) is 35.6 Å². The molecule has 1 unspecified atom stereocenters. The van der Waals surface area contributed by atoms with Gasteiger partial charge >= 0.3 is 0 Å². The average molecular weight is 347 g/mol. The highest BCUT2D eigenvalue weighted by atomic mass is 16.5. The lowest BCUT2D eigenvalue weighted by Crippen LogP contribution is -2.27. The first-order chi connectivity index (χ1) is 12.7. The van der Waals surface area contributed by atoms with Gasteiger partial charge in [0.1, 0.15) is 5.69 Å². The van der Waals surface area contributed by atoms with E-state index in [9.17, 15) is 4.79 Å². The molecule has 5 nitrogen and oxygen atoms in total. The van der Waals surface area contributed by atoms with Crippen molar-refractivity contribution in [1.82, 2.24) is 15.0 Å². The largest absolute Gasteiger partial charge is 0.359 e. The summed E-state index contributed by atoms with van der Waals surface area (Å²) in [6, 6.07) is 14.1. The van der Waals surface area contributed by atoms with Gasteiger partial charge in [0.2, 0.25) is 5.91 Å². The molecule has 1 aromatic carbocycles. The number of hydrogen-bond donors (Lipinski definition) is 0. The Morgan fingerprint density at radius 3 is 3.00 bits per heavy atom. The van der Waals surface area contributed by atoms with Crippen LogP contribution in [0, 0.1) is 0 Å². The Bertz CT molecular complexity index is 904. The number of carbonyl (C=O) groups excluding carboxylic acids is 1. The van der Waals surface area contributed by atoms with Gasteiger partial charge in [-0.25, -0.2) is 0 Å². The lowest BCUT2D eigenvalue weighted by atomic mass is 9.97. The van der Waals surface area contributed by atoms with Crippen LogP contribution in [0.3, 0.4) is 0 Å². The maximum Gasteiger partial charge on any atom is 0.223 e. The van der Waals surface area contributed by atoms with Crippen LogP contribution in [-0.4, -0.2) is 28.0 Å². The van der Waals surface area contributed by atoms with E-state index >= 15 is 0 Å². The molecule has 3 aromatic rings. The number of pyridine rings is 1. The number of carbonyl (C=O) groups is 1. The Morgan fingerprint density at radius 2 is 2.15 bits per heavy atom. The van der Waals surface area contributed by atoms with Crippen molar-refractivity contribution in [3.63, 3.8) is 0 Å². The molecule has 1 aliphatic rings. The van der Waals surface area contributed by atoms with Gasteiger partial charge in [0.05, 0.1) is 6.54 Å². The number of rotatable bonds is 5. The van der Waals surface area contributed by atoms with Gasteiger partial charge in [0.15, 0.2) is 5.76 Å². The van der Waals surface area contributed by atoms with Crippen molar-refractivity contribution in [3.8, 4) is 11.3 Å². The molecular formula is C21H21N3O2. The maximum atomic E-state index is 12.6. The zero-order valence-corrected chi connectivity index (χ0v) is 14.8. The summed E-state index contributed by atoms with van der Waals surface area (Å²) in [7, 11) is 1.81. The van der Waals surface area contributed by atoms with Gasteiger partial charge in [-0.15, -0.1) is 0 Å². The molecule has 132 valence electrons. The number of hydrogen-bond acceptors (Lipinski definition) is 4. The van der Waals surface area contributed by atoms with Gasteiger partial charge in [-0.1, -0.05) is 29.4 Å². The third kappa shape index (κ3) is 3.38. The predicted molar refractivity (Wildman–Crippen MR) is 98.3 cm³/mol. The van der Waals surface area contributed by atoms with Crippen molar-refractivity contribution in [1.29, 1.82) is 0 Å². The number of fused-ring (bicyclic) bond motifs is 1. The van der Waals surface area contributed by atoms with Crippen molar-refractivity contribution in [3.05, 3.63) is 71.7 Å². The number of benzene rings is 1. The van der Waals surface area contributed by atoms with Gasteiger partial charge in [0, 0.05) is 37.5 Å². The lowest BCUT2D eigenvalue weighted by molar-refractivity contribution is -0.131. The van der Waals surface area contributed by atoms with Crippen LogP contribution >= 0.6 is 0 Å². The van der Waals surface area contributed by atoms with Crippen LogP contribution in [0.25, 0.3) is 11.3 Å². The Kier molecular flexibility index (Phi) is 4.52. The molecule has 26 heavy (non-hydrogen) atoms. The molecule has 2 aromatic heterocycles. The summed E-state index contributed by atoms with van der Waals surface area (Å²) in [5.41, 5.74) is 4.34. The number of aromatic nitrogens is 2. The van der Waals surface area contributed by atoms with E-state index in [1.54, 1.807) is 17.3 Å². The molecule has 0 aliphatic heterocycles. The number of nitrogens with zero attached hydrogens (tertiary/aromatic N) is 3. The third-order valence-electron chi connectivity index (χ3n) is 5.01. The molecule has 1 atom stereocenters. The first kappa shape index (κ1) is 16.5. The van der Waals surface area contributed by atoms with Crippen LogP contribution < -0.4 is 0 Å². The van der Waals surface area contributed by atoms with Gasteiger partial charge < -0.3 is 9.42 Å². The van der Waals surface area contributed by atoms with Crippen molar-refractivity contribution in [2.45, 2.75) is 31.7 Å². The second-order valence-electron chi connectivity index (χ2n) is 6.81. The fourth-order valence-corrected chi connectivity index (χ4v) is 3.58. The van der Waals surface area contributed by atoms with Crippen molar-refractivity contribution < 1.29 is 9.32 Å². The molecular weight excluding hydrogens is 326 g/mol. The minimum atomic E-state index is 0.131. The number of aryl methyl sites for hydroxylation is 1. The minimum absolute atomic E-state index is 0.131. The highest BCUT2D eigenvalue weighted by Gasteiger charge is 2.25. The fraction of sp³-hybridized carbons (Fsp3) is 0.286. The molecule has 4 rings (SSSR count). The molecule has 5 heteroatoms. The SMILES string of the molecule is CN(Cc1cc(-c2cccnc2)no1)C(=O)CC1CCc2ccccc21. The summed E-state index contributed by atoms with van der Waals surface area (Å²) in [6.07, 6.45) is 6.12. The summed E-state index contributed by atoms with van der Waals surface area (Å²) in [4.78, 5) is 18.4. The highest BCUT2D eigenvalue weighted by molar-refractivity contribution is 5.77. The monoisotopic (exact) mass is 347 g/mol. The Balaban J connectivity index is 1.39. The summed E-state index contributed by atoms with van der Waals surface area (Å²) in [5.74, 6) is 1.12. The normalized spacial score (nSPS) is 15.7. The molecule has 1 aliphatic carbocycles. The van der Waals surface area contributed by atoms with Crippen molar-refractivity contribution in [2.75, 3.05) is 7.05 Å². The van der Waals surface area contributed by atoms with E-state index in [-0.39, 0.29) is 5.91 Å². The number of amides is 1. The first-order valence-electron chi connectivity index (χ1n) is 8.88. The van der Waals surface area contributed by atoms with Crippen LogP contribution in [0.5, 0.6) is 0 Å². The van der Waals surface area contributed by atoms with Crippen LogP contribution in [0.4, 0.5) is 0 Å². The van der Waals surface area contributed by atoms with Gasteiger partial charge in [-0.2, -0.15) is 0 Å². The zero-order valence-electron chi connectivity index (χ0n) is 14.8. The Hall–Kier alpha value is -2.95. The maximum absolute atomic E-state index is 12.6. The Morgan fingerprint density at radius 1 is 1.27 bits per heavy atom. The van der Waals surface area contributed by atoms with Gasteiger partial charge in [0.25, 0.3) is 0 Å². The van der Waals surface area contributed by atoms with E-state index in [4.69, 9.17) is 4.52 Å². The summed E-state index contributed by atoms with van der Waals surface area (Å²) in [6.45, 7) is 0.417. The van der Waals surface area contributed by atoms with E-state index in [1.807, 2.05) is 25.2 Å². The fourth-order valence-electron chi connectivity index (χ4n) is 3.58. The molecule has 2 heterocycles. The van der Waals surface area contributed by atoms with E-state index in [2.05, 4.69) is 34.4 Å². The standard InChI is InChI=1S/C21H21N3O2/c1-24(14-18-12-20(23-26-18)17-6-4-10-22-13-17)21(25)11-16-9-8-15-5-2-3-7-19(15)16/h2-7,10,12-13,16H,8-9,11,14H2,1H3. The molecule has 0 saturated carbocycles. The second-order valence-corrected chi connectivity index (χ2v) is 6.81.